The third-order valence-corrected chi connectivity index (χ3v) is 6.16. The number of fused-ring (bicyclic) bond motifs is 3. The lowest BCUT2D eigenvalue weighted by Gasteiger charge is -2.38. The Morgan fingerprint density at radius 3 is 2.10 bits per heavy atom. The topological polar surface area (TPSA) is 30.7 Å². The molecule has 3 nitrogen and oxygen atoms in total. The number of nitrogens with zero attached hydrogens (tertiary/aromatic N) is 3. The maximum Gasteiger partial charge on any atom is 0.143 e. The first-order valence-electron chi connectivity index (χ1n) is 9.82. The van der Waals surface area contributed by atoms with Crippen molar-refractivity contribution in [1.29, 1.82) is 0 Å². The van der Waals surface area contributed by atoms with Gasteiger partial charge in [0.05, 0.1) is 5.52 Å². The second kappa shape index (κ2) is 7.22. The van der Waals surface area contributed by atoms with Gasteiger partial charge in [0, 0.05) is 23.2 Å². The van der Waals surface area contributed by atoms with Gasteiger partial charge in [0.15, 0.2) is 0 Å². The van der Waals surface area contributed by atoms with Crippen molar-refractivity contribution >= 4 is 37.9 Å². The summed E-state index contributed by atoms with van der Waals surface area (Å²) in [6.45, 7) is 6.59. The second-order valence-electron chi connectivity index (χ2n) is 7.46. The molecule has 2 aromatic carbocycles. The van der Waals surface area contributed by atoms with Crippen molar-refractivity contribution in [2.45, 2.75) is 12.5 Å². The number of hydrogen-bond acceptors (Lipinski definition) is 2. The van der Waals surface area contributed by atoms with Crippen LogP contribution < -0.4 is 0 Å². The van der Waals surface area contributed by atoms with E-state index in [0.717, 1.165) is 43.2 Å². The Morgan fingerprint density at radius 1 is 0.867 bits per heavy atom. The molecule has 0 N–H and O–H groups in total. The lowest BCUT2D eigenvalue weighted by Crippen LogP contribution is -2.37. The number of halogens is 1. The molecule has 0 atom stereocenters. The summed E-state index contributed by atoms with van der Waals surface area (Å²) in [7, 11) is 0. The second-order valence-corrected chi connectivity index (χ2v) is 8.27. The molecule has 0 unspecified atom stereocenters. The Bertz CT molecular complexity index is 1330. The van der Waals surface area contributed by atoms with Gasteiger partial charge >= 0.3 is 0 Å². The first-order valence-corrected chi connectivity index (χ1v) is 10.6. The first-order chi connectivity index (χ1) is 14.6. The van der Waals surface area contributed by atoms with Crippen LogP contribution in [0.5, 0.6) is 0 Å². The van der Waals surface area contributed by atoms with E-state index >= 15 is 0 Å². The molecule has 0 saturated heterocycles. The van der Waals surface area contributed by atoms with Crippen LogP contribution in [0, 0.1) is 0 Å². The van der Waals surface area contributed by atoms with Gasteiger partial charge in [0.25, 0.3) is 0 Å². The summed E-state index contributed by atoms with van der Waals surface area (Å²) in [5.41, 5.74) is 4.63. The van der Waals surface area contributed by atoms with E-state index in [4.69, 9.17) is 4.98 Å². The largest absolute Gasteiger partial charge is 0.307 e. The van der Waals surface area contributed by atoms with Gasteiger partial charge in [-0.1, -0.05) is 67.2 Å². The SMILES string of the molecule is C=C(C)C(c1ccccc1)(c1ccccc1)n1c2ccncc2c2ccc(Br)nc21. The predicted octanol–water partition coefficient (Wildman–Crippen LogP) is 6.72. The maximum absolute atomic E-state index is 4.92. The smallest absolute Gasteiger partial charge is 0.143 e. The molecule has 146 valence electrons. The Hall–Kier alpha value is -3.24. The zero-order valence-electron chi connectivity index (χ0n) is 16.6. The van der Waals surface area contributed by atoms with E-state index in [1.54, 1.807) is 0 Å². The molecule has 5 aromatic rings. The molecule has 3 aromatic heterocycles. The highest BCUT2D eigenvalue weighted by Crippen LogP contribution is 2.45. The molecule has 3 heterocycles. The Balaban J connectivity index is 2.05. The lowest BCUT2D eigenvalue weighted by molar-refractivity contribution is 0.534. The van der Waals surface area contributed by atoms with Crippen LogP contribution in [-0.4, -0.2) is 14.5 Å². The number of hydrogen-bond donors (Lipinski definition) is 0. The maximum atomic E-state index is 4.92. The minimum absolute atomic E-state index is 0.627. The molecule has 0 radical (unpaired) electrons. The molecule has 4 heteroatoms. The summed E-state index contributed by atoms with van der Waals surface area (Å²) in [5.74, 6) is 0. The van der Waals surface area contributed by atoms with Gasteiger partial charge in [0.2, 0.25) is 0 Å². The van der Waals surface area contributed by atoms with E-state index in [9.17, 15) is 0 Å². The van der Waals surface area contributed by atoms with E-state index in [-0.39, 0.29) is 0 Å². The zero-order valence-corrected chi connectivity index (χ0v) is 18.2. The molecule has 5 rings (SSSR count). The molecule has 0 spiro atoms. The Morgan fingerprint density at radius 2 is 1.50 bits per heavy atom. The molecule has 0 aliphatic heterocycles. The molecular formula is C26H20BrN3. The zero-order chi connectivity index (χ0) is 20.7. The van der Waals surface area contributed by atoms with Crippen LogP contribution >= 0.6 is 15.9 Å². The van der Waals surface area contributed by atoms with E-state index in [0.29, 0.717) is 0 Å². The number of allylic oxidation sites excluding steroid dienone is 1. The van der Waals surface area contributed by atoms with Crippen LogP contribution in [0.3, 0.4) is 0 Å². The summed E-state index contributed by atoms with van der Waals surface area (Å²) in [6.07, 6.45) is 3.76. The highest BCUT2D eigenvalue weighted by molar-refractivity contribution is 9.10. The fourth-order valence-electron chi connectivity index (χ4n) is 4.52. The highest BCUT2D eigenvalue weighted by Gasteiger charge is 2.40. The average Bonchev–Trinajstić information content (AvgIpc) is 3.10. The van der Waals surface area contributed by atoms with E-state index in [1.165, 1.54) is 0 Å². The molecule has 0 amide bonds. The fourth-order valence-corrected chi connectivity index (χ4v) is 4.82. The monoisotopic (exact) mass is 453 g/mol. The number of aromatic nitrogens is 3. The van der Waals surface area contributed by atoms with Gasteiger partial charge in [0.1, 0.15) is 15.8 Å². The molecule has 0 bridgehead atoms. The molecule has 0 saturated carbocycles. The third-order valence-electron chi connectivity index (χ3n) is 5.72. The lowest BCUT2D eigenvalue weighted by atomic mass is 9.77. The van der Waals surface area contributed by atoms with Crippen molar-refractivity contribution in [2.24, 2.45) is 0 Å². The first kappa shape index (κ1) is 18.8. The average molecular weight is 454 g/mol. The molecule has 0 fully saturated rings. The Kier molecular flexibility index (Phi) is 4.52. The van der Waals surface area contributed by atoms with Crippen molar-refractivity contribution in [3.8, 4) is 0 Å². The van der Waals surface area contributed by atoms with Gasteiger partial charge in [-0.05, 0) is 57.8 Å². The summed E-state index contributed by atoms with van der Waals surface area (Å²) < 4.78 is 3.11. The summed E-state index contributed by atoms with van der Waals surface area (Å²) in [6, 6.07) is 27.2. The summed E-state index contributed by atoms with van der Waals surface area (Å²) >= 11 is 3.58. The fraction of sp³-hybridized carbons (Fsp3) is 0.0769. The standard InChI is InChI=1S/C26H20BrN3/c1-18(2)26(19-9-5-3-6-10-19,20-11-7-4-8-12-20)30-23-15-16-28-17-22(23)21-13-14-24(27)29-25(21)30/h3-17H,1H2,2H3. The van der Waals surface area contributed by atoms with Crippen molar-refractivity contribution in [1.82, 2.24) is 14.5 Å². The van der Waals surface area contributed by atoms with Gasteiger partial charge in [-0.2, -0.15) is 0 Å². The minimum Gasteiger partial charge on any atom is -0.307 e. The number of benzene rings is 2. The quantitative estimate of drug-likeness (QED) is 0.223. The van der Waals surface area contributed by atoms with Crippen LogP contribution in [0.15, 0.2) is 108 Å². The van der Waals surface area contributed by atoms with Gasteiger partial charge in [-0.3, -0.25) is 4.98 Å². The number of rotatable bonds is 4. The van der Waals surface area contributed by atoms with Gasteiger partial charge in [-0.25, -0.2) is 4.98 Å². The normalized spacial score (nSPS) is 11.8. The molecule has 30 heavy (non-hydrogen) atoms. The minimum atomic E-state index is -0.627. The molecular weight excluding hydrogens is 434 g/mol. The van der Waals surface area contributed by atoms with Crippen molar-refractivity contribution in [2.75, 3.05) is 0 Å². The van der Waals surface area contributed by atoms with Gasteiger partial charge in [-0.15, -0.1) is 0 Å². The van der Waals surface area contributed by atoms with Crippen LogP contribution in [0.25, 0.3) is 21.9 Å². The van der Waals surface area contributed by atoms with Gasteiger partial charge < -0.3 is 4.57 Å². The van der Waals surface area contributed by atoms with Crippen molar-refractivity contribution in [3.63, 3.8) is 0 Å². The van der Waals surface area contributed by atoms with Crippen LogP contribution in [-0.2, 0) is 5.54 Å². The molecule has 0 aliphatic carbocycles. The molecule has 0 aliphatic rings. The van der Waals surface area contributed by atoms with E-state index in [1.807, 2.05) is 30.6 Å². The van der Waals surface area contributed by atoms with Crippen LogP contribution in [0.1, 0.15) is 18.1 Å². The van der Waals surface area contributed by atoms with Crippen molar-refractivity contribution < 1.29 is 0 Å². The third kappa shape index (κ3) is 2.64. The number of pyridine rings is 2. The predicted molar refractivity (Wildman–Crippen MR) is 127 cm³/mol. The van der Waals surface area contributed by atoms with Crippen LogP contribution in [0.2, 0.25) is 0 Å². The van der Waals surface area contributed by atoms with Crippen molar-refractivity contribution in [3.05, 3.63) is 119 Å². The van der Waals surface area contributed by atoms with E-state index in [2.05, 4.69) is 99.6 Å². The van der Waals surface area contributed by atoms with Crippen LogP contribution in [0.4, 0.5) is 0 Å². The van der Waals surface area contributed by atoms with E-state index < -0.39 is 5.54 Å². The highest BCUT2D eigenvalue weighted by atomic mass is 79.9. The summed E-state index contributed by atoms with van der Waals surface area (Å²) in [4.78, 5) is 9.32. The summed E-state index contributed by atoms with van der Waals surface area (Å²) in [5, 5.41) is 2.14. The Labute approximate surface area is 183 Å².